The Hall–Kier alpha value is -0.0800. The lowest BCUT2D eigenvalue weighted by atomic mass is 9.88. The van der Waals surface area contributed by atoms with Crippen LogP contribution < -0.4 is 5.32 Å². The fourth-order valence-electron chi connectivity index (χ4n) is 2.28. The zero-order valence-corrected chi connectivity index (χ0v) is 11.1. The van der Waals surface area contributed by atoms with Crippen molar-refractivity contribution < 1.29 is 0 Å². The first-order chi connectivity index (χ1) is 6.96. The van der Waals surface area contributed by atoms with Crippen molar-refractivity contribution in [3.63, 3.8) is 0 Å². The van der Waals surface area contributed by atoms with Gasteiger partial charge < -0.3 is 5.32 Å². The molecule has 1 heterocycles. The summed E-state index contributed by atoms with van der Waals surface area (Å²) >= 11 is 0. The molecule has 1 rings (SSSR count). The number of hydrogen-bond acceptors (Lipinski definition) is 2. The van der Waals surface area contributed by atoms with Crippen molar-refractivity contribution in [3.05, 3.63) is 0 Å². The highest BCUT2D eigenvalue weighted by Gasteiger charge is 2.28. The summed E-state index contributed by atoms with van der Waals surface area (Å²) in [4.78, 5) is 2.69. The van der Waals surface area contributed by atoms with Gasteiger partial charge in [0.2, 0.25) is 0 Å². The number of piperazine rings is 1. The summed E-state index contributed by atoms with van der Waals surface area (Å²) in [6.45, 7) is 16.5. The predicted octanol–water partition coefficient (Wildman–Crippen LogP) is 2.35. The number of rotatable bonds is 4. The first kappa shape index (κ1) is 13.0. The highest BCUT2D eigenvalue weighted by Crippen LogP contribution is 2.24. The summed E-state index contributed by atoms with van der Waals surface area (Å²) < 4.78 is 0. The Balaban J connectivity index is 2.57. The van der Waals surface area contributed by atoms with Crippen molar-refractivity contribution in [1.82, 2.24) is 10.2 Å². The van der Waals surface area contributed by atoms with E-state index in [0.29, 0.717) is 5.41 Å². The van der Waals surface area contributed by atoms with E-state index < -0.39 is 0 Å². The average molecular weight is 212 g/mol. The zero-order valence-electron chi connectivity index (χ0n) is 11.1. The largest absolute Gasteiger partial charge is 0.314 e. The van der Waals surface area contributed by atoms with Gasteiger partial charge in [0.25, 0.3) is 0 Å². The monoisotopic (exact) mass is 212 g/mol. The molecule has 2 nitrogen and oxygen atoms in total. The van der Waals surface area contributed by atoms with Crippen molar-refractivity contribution in [1.29, 1.82) is 0 Å². The third-order valence-corrected chi connectivity index (χ3v) is 3.76. The van der Waals surface area contributed by atoms with Gasteiger partial charge in [-0.15, -0.1) is 0 Å². The van der Waals surface area contributed by atoms with Crippen LogP contribution in [0.2, 0.25) is 0 Å². The third-order valence-electron chi connectivity index (χ3n) is 3.76. The van der Waals surface area contributed by atoms with Gasteiger partial charge in [-0.25, -0.2) is 0 Å². The maximum atomic E-state index is 3.51. The van der Waals surface area contributed by atoms with E-state index in [1.54, 1.807) is 0 Å². The number of hydrogen-bond donors (Lipinski definition) is 1. The van der Waals surface area contributed by atoms with Crippen LogP contribution in [-0.4, -0.2) is 37.1 Å². The molecule has 1 unspecified atom stereocenters. The smallest absolute Gasteiger partial charge is 0.0244 e. The van der Waals surface area contributed by atoms with E-state index in [1.807, 2.05) is 0 Å². The molecule has 0 aliphatic carbocycles. The van der Waals surface area contributed by atoms with Gasteiger partial charge in [0, 0.05) is 32.2 Å². The summed E-state index contributed by atoms with van der Waals surface area (Å²) in [5.74, 6) is 0.755. The van der Waals surface area contributed by atoms with Gasteiger partial charge in [-0.1, -0.05) is 34.6 Å². The Bertz CT molecular complexity index is 187. The molecule has 2 heteroatoms. The lowest BCUT2D eigenvalue weighted by Gasteiger charge is -2.42. The van der Waals surface area contributed by atoms with E-state index in [4.69, 9.17) is 0 Å². The number of nitrogens with one attached hydrogen (secondary N) is 1. The van der Waals surface area contributed by atoms with Crippen LogP contribution in [0, 0.1) is 11.3 Å². The van der Waals surface area contributed by atoms with Crippen molar-refractivity contribution >= 4 is 0 Å². The van der Waals surface area contributed by atoms with E-state index >= 15 is 0 Å². The van der Waals surface area contributed by atoms with Gasteiger partial charge in [0.05, 0.1) is 0 Å². The molecule has 0 spiro atoms. The van der Waals surface area contributed by atoms with E-state index in [-0.39, 0.29) is 0 Å². The van der Waals surface area contributed by atoms with Gasteiger partial charge in [0.15, 0.2) is 0 Å². The Morgan fingerprint density at radius 2 is 2.07 bits per heavy atom. The maximum absolute atomic E-state index is 3.51. The molecule has 1 aliphatic heterocycles. The fourth-order valence-corrected chi connectivity index (χ4v) is 2.28. The van der Waals surface area contributed by atoms with Gasteiger partial charge in [-0.05, 0) is 17.8 Å². The quantitative estimate of drug-likeness (QED) is 0.769. The van der Waals surface area contributed by atoms with Crippen LogP contribution in [0.25, 0.3) is 0 Å². The molecule has 1 N–H and O–H groups in total. The van der Waals surface area contributed by atoms with Crippen molar-refractivity contribution in [2.24, 2.45) is 11.3 Å². The molecule has 0 saturated carbocycles. The van der Waals surface area contributed by atoms with E-state index in [9.17, 15) is 0 Å². The summed E-state index contributed by atoms with van der Waals surface area (Å²) in [7, 11) is 0. The Kier molecular flexibility index (Phi) is 4.60. The second-order valence-electron chi connectivity index (χ2n) is 6.00. The van der Waals surface area contributed by atoms with Crippen LogP contribution in [0.5, 0.6) is 0 Å². The average Bonchev–Trinajstić information content (AvgIpc) is 2.18. The molecule has 0 aromatic carbocycles. The molecule has 0 aromatic heterocycles. The highest BCUT2D eigenvalue weighted by molar-refractivity contribution is 4.85. The standard InChI is InChI=1S/C13H28N2/c1-6-13(4,5)10-15-8-7-14-9-12(15)11(2)3/h11-12,14H,6-10H2,1-5H3. The lowest BCUT2D eigenvalue weighted by molar-refractivity contribution is 0.0785. The minimum atomic E-state index is 0.463. The highest BCUT2D eigenvalue weighted by atomic mass is 15.2. The minimum Gasteiger partial charge on any atom is -0.314 e. The molecule has 0 amide bonds. The van der Waals surface area contributed by atoms with E-state index in [1.165, 1.54) is 19.5 Å². The van der Waals surface area contributed by atoms with Crippen LogP contribution in [0.1, 0.15) is 41.0 Å². The van der Waals surface area contributed by atoms with E-state index in [2.05, 4.69) is 44.8 Å². The van der Waals surface area contributed by atoms with Crippen LogP contribution in [0.3, 0.4) is 0 Å². The van der Waals surface area contributed by atoms with Crippen LogP contribution in [0.4, 0.5) is 0 Å². The van der Waals surface area contributed by atoms with Gasteiger partial charge in [-0.2, -0.15) is 0 Å². The van der Waals surface area contributed by atoms with Gasteiger partial charge in [0.1, 0.15) is 0 Å². The summed E-state index contributed by atoms with van der Waals surface area (Å²) in [5.41, 5.74) is 0.463. The molecule has 90 valence electrons. The van der Waals surface area contributed by atoms with Crippen LogP contribution >= 0.6 is 0 Å². The molecule has 1 aliphatic rings. The topological polar surface area (TPSA) is 15.3 Å². The Morgan fingerprint density at radius 3 is 2.60 bits per heavy atom. The number of nitrogens with zero attached hydrogens (tertiary/aromatic N) is 1. The Morgan fingerprint density at radius 1 is 1.40 bits per heavy atom. The molecule has 1 saturated heterocycles. The molecule has 0 radical (unpaired) electrons. The van der Waals surface area contributed by atoms with Crippen molar-refractivity contribution in [3.8, 4) is 0 Å². The van der Waals surface area contributed by atoms with Crippen LogP contribution in [-0.2, 0) is 0 Å². The second-order valence-corrected chi connectivity index (χ2v) is 6.00. The normalized spacial score (nSPS) is 24.8. The molecular formula is C13H28N2. The first-order valence-electron chi connectivity index (χ1n) is 6.41. The second kappa shape index (κ2) is 5.31. The summed E-state index contributed by atoms with van der Waals surface area (Å²) in [5, 5.41) is 3.51. The predicted molar refractivity (Wildman–Crippen MR) is 67.1 cm³/mol. The first-order valence-corrected chi connectivity index (χ1v) is 6.41. The van der Waals surface area contributed by atoms with Gasteiger partial charge >= 0.3 is 0 Å². The molecule has 0 aromatic rings. The fraction of sp³-hybridized carbons (Fsp3) is 1.00. The Labute approximate surface area is 95.4 Å². The van der Waals surface area contributed by atoms with Gasteiger partial charge in [-0.3, -0.25) is 4.90 Å². The molecule has 1 atom stereocenters. The maximum Gasteiger partial charge on any atom is 0.0244 e. The SMILES string of the molecule is CCC(C)(C)CN1CCNCC1C(C)C. The summed E-state index contributed by atoms with van der Waals surface area (Å²) in [6.07, 6.45) is 1.27. The lowest BCUT2D eigenvalue weighted by Crippen LogP contribution is -2.55. The minimum absolute atomic E-state index is 0.463. The third kappa shape index (κ3) is 3.76. The molecule has 1 fully saturated rings. The molecular weight excluding hydrogens is 184 g/mol. The molecule has 15 heavy (non-hydrogen) atoms. The molecule has 0 bridgehead atoms. The van der Waals surface area contributed by atoms with Crippen LogP contribution in [0.15, 0.2) is 0 Å². The zero-order chi connectivity index (χ0) is 11.5. The van der Waals surface area contributed by atoms with Crippen molar-refractivity contribution in [2.45, 2.75) is 47.1 Å². The summed E-state index contributed by atoms with van der Waals surface area (Å²) in [6, 6.07) is 0.726. The van der Waals surface area contributed by atoms with E-state index in [0.717, 1.165) is 25.0 Å². The van der Waals surface area contributed by atoms with Crippen molar-refractivity contribution in [2.75, 3.05) is 26.2 Å².